The second-order valence-electron chi connectivity index (χ2n) is 7.39. The Morgan fingerprint density at radius 2 is 1.59 bits per heavy atom. The predicted octanol–water partition coefficient (Wildman–Crippen LogP) is 3.65. The lowest BCUT2D eigenvalue weighted by atomic mass is 9.98. The Morgan fingerprint density at radius 3 is 2.22 bits per heavy atom. The molecule has 1 aliphatic carbocycles. The van der Waals surface area contributed by atoms with Crippen molar-refractivity contribution in [3.05, 3.63) is 83.6 Å². The molecular formula is C24H21N3O5. The molecule has 4 rings (SSSR count). The number of carboxylic acids is 1. The van der Waals surface area contributed by atoms with Gasteiger partial charge in [-0.1, -0.05) is 54.6 Å². The molecule has 3 aromatic rings. The van der Waals surface area contributed by atoms with Gasteiger partial charge in [-0.15, -0.1) is 0 Å². The van der Waals surface area contributed by atoms with Crippen molar-refractivity contribution in [3.8, 4) is 11.1 Å². The van der Waals surface area contributed by atoms with Gasteiger partial charge in [-0.2, -0.15) is 0 Å². The summed E-state index contributed by atoms with van der Waals surface area (Å²) in [4.78, 5) is 39.5. The summed E-state index contributed by atoms with van der Waals surface area (Å²) >= 11 is 0. The molecule has 2 aromatic carbocycles. The molecule has 0 unspecified atom stereocenters. The number of amides is 2. The van der Waals surface area contributed by atoms with Gasteiger partial charge in [0, 0.05) is 5.92 Å². The smallest absolute Gasteiger partial charge is 0.412 e. The fourth-order valence-corrected chi connectivity index (χ4v) is 3.70. The normalized spacial score (nSPS) is 12.9. The SMILES string of the molecule is C[C@@H](NC(=O)c1cccc(NC(=O)OCC2c3ccccc3-c3ccccc32)n1)C(=O)O. The summed E-state index contributed by atoms with van der Waals surface area (Å²) in [6.07, 6.45) is -0.698. The minimum absolute atomic E-state index is 0.0189. The summed E-state index contributed by atoms with van der Waals surface area (Å²) in [7, 11) is 0. The predicted molar refractivity (Wildman–Crippen MR) is 117 cm³/mol. The molecule has 0 saturated carbocycles. The van der Waals surface area contributed by atoms with E-state index in [1.165, 1.54) is 25.1 Å². The number of pyridine rings is 1. The number of fused-ring (bicyclic) bond motifs is 3. The first kappa shape index (κ1) is 21.0. The highest BCUT2D eigenvalue weighted by atomic mass is 16.5. The van der Waals surface area contributed by atoms with E-state index in [-0.39, 0.29) is 24.0 Å². The van der Waals surface area contributed by atoms with Gasteiger partial charge >= 0.3 is 12.1 Å². The third-order valence-corrected chi connectivity index (χ3v) is 5.27. The number of nitrogens with zero attached hydrogens (tertiary/aromatic N) is 1. The van der Waals surface area contributed by atoms with Gasteiger partial charge in [0.05, 0.1) is 0 Å². The van der Waals surface area contributed by atoms with Gasteiger partial charge in [-0.25, -0.2) is 9.78 Å². The fourth-order valence-electron chi connectivity index (χ4n) is 3.70. The van der Waals surface area contributed by atoms with Crippen molar-refractivity contribution in [2.45, 2.75) is 18.9 Å². The number of aliphatic carboxylic acids is 1. The Balaban J connectivity index is 1.41. The minimum Gasteiger partial charge on any atom is -0.480 e. The molecule has 1 heterocycles. The number of aromatic nitrogens is 1. The van der Waals surface area contributed by atoms with Gasteiger partial charge in [0.1, 0.15) is 24.2 Å². The van der Waals surface area contributed by atoms with E-state index in [2.05, 4.69) is 27.8 Å². The van der Waals surface area contributed by atoms with Crippen molar-refractivity contribution in [2.24, 2.45) is 0 Å². The number of carboxylic acid groups (broad SMARTS) is 1. The molecule has 0 spiro atoms. The summed E-state index contributed by atoms with van der Waals surface area (Å²) in [6.45, 7) is 1.50. The quantitative estimate of drug-likeness (QED) is 0.548. The Morgan fingerprint density at radius 1 is 0.969 bits per heavy atom. The number of rotatable bonds is 6. The van der Waals surface area contributed by atoms with E-state index in [9.17, 15) is 14.4 Å². The number of ether oxygens (including phenoxy) is 1. The van der Waals surface area contributed by atoms with Crippen LogP contribution in [0.3, 0.4) is 0 Å². The second kappa shape index (κ2) is 8.89. The zero-order valence-corrected chi connectivity index (χ0v) is 17.2. The topological polar surface area (TPSA) is 118 Å². The lowest BCUT2D eigenvalue weighted by molar-refractivity contribution is -0.138. The zero-order chi connectivity index (χ0) is 22.7. The molecule has 0 bridgehead atoms. The zero-order valence-electron chi connectivity index (χ0n) is 17.2. The molecule has 3 N–H and O–H groups in total. The standard InChI is InChI=1S/C24H21N3O5/c1-14(23(29)30)25-22(28)20-11-6-12-21(26-20)27-24(31)32-13-19-17-9-4-2-7-15(17)16-8-3-5-10-18(16)19/h2-12,14,19H,13H2,1H3,(H,25,28)(H,29,30)(H,26,27,31)/t14-/m1/s1. The second-order valence-corrected chi connectivity index (χ2v) is 7.39. The van der Waals surface area contributed by atoms with Crippen molar-refractivity contribution in [1.29, 1.82) is 0 Å². The van der Waals surface area contributed by atoms with E-state index in [1.54, 1.807) is 0 Å². The molecule has 0 radical (unpaired) electrons. The number of carbonyl (C=O) groups is 3. The van der Waals surface area contributed by atoms with E-state index in [4.69, 9.17) is 9.84 Å². The molecule has 1 atom stereocenters. The molecule has 8 heteroatoms. The van der Waals surface area contributed by atoms with Crippen molar-refractivity contribution >= 4 is 23.8 Å². The van der Waals surface area contributed by atoms with E-state index < -0.39 is 24.0 Å². The highest BCUT2D eigenvalue weighted by molar-refractivity contribution is 5.95. The van der Waals surface area contributed by atoms with Crippen LogP contribution in [0.4, 0.5) is 10.6 Å². The van der Waals surface area contributed by atoms with Crippen LogP contribution in [-0.2, 0) is 9.53 Å². The van der Waals surface area contributed by atoms with Crippen LogP contribution in [-0.4, -0.2) is 40.7 Å². The van der Waals surface area contributed by atoms with Crippen LogP contribution < -0.4 is 10.6 Å². The molecule has 0 saturated heterocycles. The first-order valence-electron chi connectivity index (χ1n) is 10.1. The molecule has 32 heavy (non-hydrogen) atoms. The highest BCUT2D eigenvalue weighted by Crippen LogP contribution is 2.44. The largest absolute Gasteiger partial charge is 0.480 e. The maximum absolute atomic E-state index is 12.4. The maximum atomic E-state index is 12.4. The highest BCUT2D eigenvalue weighted by Gasteiger charge is 2.29. The van der Waals surface area contributed by atoms with Gasteiger partial charge in [-0.3, -0.25) is 14.9 Å². The fraction of sp³-hybridized carbons (Fsp3) is 0.167. The van der Waals surface area contributed by atoms with Crippen molar-refractivity contribution in [1.82, 2.24) is 10.3 Å². The third-order valence-electron chi connectivity index (χ3n) is 5.27. The van der Waals surface area contributed by atoms with Crippen LogP contribution in [0, 0.1) is 0 Å². The van der Waals surface area contributed by atoms with Crippen LogP contribution in [0.25, 0.3) is 11.1 Å². The molecule has 1 aromatic heterocycles. The monoisotopic (exact) mass is 431 g/mol. The van der Waals surface area contributed by atoms with Crippen molar-refractivity contribution in [2.75, 3.05) is 11.9 Å². The minimum atomic E-state index is -1.16. The van der Waals surface area contributed by atoms with Gasteiger partial charge in [-0.05, 0) is 41.3 Å². The number of anilines is 1. The Labute approximate surface area is 184 Å². The van der Waals surface area contributed by atoms with Crippen LogP contribution >= 0.6 is 0 Å². The lowest BCUT2D eigenvalue weighted by Crippen LogP contribution is -2.38. The summed E-state index contributed by atoms with van der Waals surface area (Å²) in [5.74, 6) is -1.77. The Hall–Kier alpha value is -4.20. The van der Waals surface area contributed by atoms with Gasteiger partial charge in [0.2, 0.25) is 0 Å². The number of hydrogen-bond acceptors (Lipinski definition) is 5. The van der Waals surface area contributed by atoms with E-state index in [1.807, 2.05) is 36.4 Å². The summed E-state index contributed by atoms with van der Waals surface area (Å²) < 4.78 is 5.47. The molecule has 0 aliphatic heterocycles. The Bertz CT molecular complexity index is 1150. The molecule has 8 nitrogen and oxygen atoms in total. The van der Waals surface area contributed by atoms with E-state index in [0.717, 1.165) is 22.3 Å². The molecule has 2 amide bonds. The molecule has 162 valence electrons. The maximum Gasteiger partial charge on any atom is 0.412 e. The number of carbonyl (C=O) groups excluding carboxylic acids is 2. The van der Waals surface area contributed by atoms with Gasteiger partial charge in [0.25, 0.3) is 5.91 Å². The van der Waals surface area contributed by atoms with Crippen LogP contribution in [0.5, 0.6) is 0 Å². The third kappa shape index (κ3) is 4.29. The van der Waals surface area contributed by atoms with Crippen LogP contribution in [0.1, 0.15) is 34.5 Å². The number of nitrogens with one attached hydrogen (secondary N) is 2. The Kier molecular flexibility index (Phi) is 5.85. The van der Waals surface area contributed by atoms with Crippen molar-refractivity contribution in [3.63, 3.8) is 0 Å². The summed E-state index contributed by atoms with van der Waals surface area (Å²) in [5, 5.41) is 13.7. The lowest BCUT2D eigenvalue weighted by Gasteiger charge is -2.14. The van der Waals surface area contributed by atoms with Gasteiger partial charge in [0.15, 0.2) is 0 Å². The first-order chi connectivity index (χ1) is 15.4. The first-order valence-corrected chi connectivity index (χ1v) is 10.1. The summed E-state index contributed by atoms with van der Waals surface area (Å²) in [5.41, 5.74) is 4.45. The average Bonchev–Trinajstić information content (AvgIpc) is 3.11. The van der Waals surface area contributed by atoms with E-state index in [0.29, 0.717) is 0 Å². The van der Waals surface area contributed by atoms with Crippen molar-refractivity contribution < 1.29 is 24.2 Å². The van der Waals surface area contributed by atoms with E-state index >= 15 is 0 Å². The average molecular weight is 431 g/mol. The van der Waals surface area contributed by atoms with Gasteiger partial charge < -0.3 is 15.2 Å². The number of hydrogen-bond donors (Lipinski definition) is 3. The van der Waals surface area contributed by atoms with Crippen LogP contribution in [0.2, 0.25) is 0 Å². The van der Waals surface area contributed by atoms with Crippen LogP contribution in [0.15, 0.2) is 66.7 Å². The number of benzene rings is 2. The molecular weight excluding hydrogens is 410 g/mol. The molecule has 1 aliphatic rings. The summed E-state index contributed by atoms with van der Waals surface area (Å²) in [6, 6.07) is 19.5. The molecule has 0 fully saturated rings.